The molecule has 4 rings (SSSR count). The van der Waals surface area contributed by atoms with E-state index in [4.69, 9.17) is 16.3 Å². The summed E-state index contributed by atoms with van der Waals surface area (Å²) in [6, 6.07) is 7.46. The van der Waals surface area contributed by atoms with Crippen molar-refractivity contribution < 1.29 is 9.13 Å². The van der Waals surface area contributed by atoms with Crippen LogP contribution in [0.15, 0.2) is 30.6 Å². The Morgan fingerprint density at radius 1 is 1.04 bits per heavy atom. The lowest BCUT2D eigenvalue weighted by atomic mass is 9.90. The van der Waals surface area contributed by atoms with E-state index in [1.54, 1.807) is 12.1 Å². The van der Waals surface area contributed by atoms with Crippen molar-refractivity contribution in [3.63, 3.8) is 0 Å². The molecule has 2 aliphatic rings. The molecule has 0 atom stereocenters. The van der Waals surface area contributed by atoms with Crippen LogP contribution in [0.4, 0.5) is 21.7 Å². The Morgan fingerprint density at radius 3 is 2.54 bits per heavy atom. The lowest BCUT2D eigenvalue weighted by molar-refractivity contribution is 0.00790. The summed E-state index contributed by atoms with van der Waals surface area (Å²) in [4.78, 5) is 11.1. The van der Waals surface area contributed by atoms with Crippen LogP contribution in [0.25, 0.3) is 0 Å². The average Bonchev–Trinajstić information content (AvgIpc) is 2.72. The van der Waals surface area contributed by atoms with Gasteiger partial charge in [-0.2, -0.15) is 0 Å². The molecule has 0 amide bonds. The van der Waals surface area contributed by atoms with Crippen LogP contribution >= 0.6 is 11.6 Å². The second kappa shape index (κ2) is 9.03. The lowest BCUT2D eigenvalue weighted by Gasteiger charge is -2.39. The smallest absolute Gasteiger partial charge is 0.141 e. The van der Waals surface area contributed by atoms with Crippen LogP contribution in [0.3, 0.4) is 0 Å². The van der Waals surface area contributed by atoms with Crippen molar-refractivity contribution in [3.05, 3.63) is 41.4 Å². The van der Waals surface area contributed by atoms with E-state index in [0.29, 0.717) is 23.6 Å². The minimum atomic E-state index is -0.440. The fourth-order valence-electron chi connectivity index (χ4n) is 3.96. The highest BCUT2D eigenvalue weighted by Crippen LogP contribution is 2.27. The number of rotatable bonds is 5. The number of nitrogens with zero attached hydrogens (tertiary/aromatic N) is 3. The molecule has 8 heteroatoms. The molecule has 0 unspecified atom stereocenters. The van der Waals surface area contributed by atoms with Gasteiger partial charge in [-0.3, -0.25) is 4.90 Å². The van der Waals surface area contributed by atoms with Crippen LogP contribution in [-0.4, -0.2) is 53.3 Å². The van der Waals surface area contributed by atoms with Crippen LogP contribution in [0.1, 0.15) is 25.7 Å². The summed E-state index contributed by atoms with van der Waals surface area (Å²) in [6.45, 7) is 3.82. The molecule has 150 valence electrons. The van der Waals surface area contributed by atoms with E-state index in [1.165, 1.54) is 25.2 Å². The first-order valence-electron chi connectivity index (χ1n) is 9.80. The Labute approximate surface area is 169 Å². The molecule has 2 heterocycles. The number of anilines is 3. The van der Waals surface area contributed by atoms with Crippen LogP contribution in [0.5, 0.6) is 0 Å². The normalized spacial score (nSPS) is 23.4. The van der Waals surface area contributed by atoms with Crippen LogP contribution in [-0.2, 0) is 4.74 Å². The predicted molar refractivity (Wildman–Crippen MR) is 109 cm³/mol. The standard InChI is InChI=1S/C20H25ClFN5O/c21-17-11-15(3-6-18(17)22)26-20-12-19(23-13-24-20)25-14-1-4-16(5-2-14)27-7-9-28-10-8-27/h3,6,11-14,16H,1-2,4-5,7-10H2,(H2,23,24,25,26). The summed E-state index contributed by atoms with van der Waals surface area (Å²) in [5.74, 6) is 0.993. The average molecular weight is 406 g/mol. The first-order valence-corrected chi connectivity index (χ1v) is 10.2. The van der Waals surface area contributed by atoms with Crippen molar-refractivity contribution in [1.29, 1.82) is 0 Å². The van der Waals surface area contributed by atoms with E-state index >= 15 is 0 Å². The zero-order chi connectivity index (χ0) is 19.3. The molecule has 1 saturated carbocycles. The third-order valence-corrected chi connectivity index (χ3v) is 5.76. The first kappa shape index (κ1) is 19.4. The van der Waals surface area contributed by atoms with E-state index < -0.39 is 5.82 Å². The van der Waals surface area contributed by atoms with E-state index in [2.05, 4.69) is 25.5 Å². The second-order valence-corrected chi connectivity index (χ2v) is 7.75. The van der Waals surface area contributed by atoms with E-state index in [-0.39, 0.29) is 5.02 Å². The van der Waals surface area contributed by atoms with Crippen molar-refractivity contribution in [2.75, 3.05) is 36.9 Å². The fourth-order valence-corrected chi connectivity index (χ4v) is 4.14. The summed E-state index contributed by atoms with van der Waals surface area (Å²) in [6.07, 6.45) is 6.17. The largest absolute Gasteiger partial charge is 0.379 e. The van der Waals surface area contributed by atoms with Gasteiger partial charge in [-0.1, -0.05) is 11.6 Å². The molecule has 0 spiro atoms. The number of nitrogens with one attached hydrogen (secondary N) is 2. The number of benzene rings is 1. The van der Waals surface area contributed by atoms with Crippen molar-refractivity contribution in [3.8, 4) is 0 Å². The van der Waals surface area contributed by atoms with E-state index in [0.717, 1.165) is 45.0 Å². The van der Waals surface area contributed by atoms with Gasteiger partial charge in [0.15, 0.2) is 0 Å². The Bertz CT molecular complexity index is 794. The molecule has 1 saturated heterocycles. The van der Waals surface area contributed by atoms with Gasteiger partial charge in [-0.05, 0) is 43.9 Å². The van der Waals surface area contributed by atoms with Gasteiger partial charge >= 0.3 is 0 Å². The summed E-state index contributed by atoms with van der Waals surface area (Å²) in [5.41, 5.74) is 0.682. The highest BCUT2D eigenvalue weighted by Gasteiger charge is 2.27. The zero-order valence-electron chi connectivity index (χ0n) is 15.7. The molecule has 1 aliphatic carbocycles. The van der Waals surface area contributed by atoms with E-state index in [1.807, 2.05) is 6.07 Å². The minimum absolute atomic E-state index is 0.0782. The molecule has 2 N–H and O–H groups in total. The van der Waals surface area contributed by atoms with Gasteiger partial charge in [0.05, 0.1) is 18.2 Å². The third kappa shape index (κ3) is 4.90. The van der Waals surface area contributed by atoms with Crippen molar-refractivity contribution in [1.82, 2.24) is 14.9 Å². The van der Waals surface area contributed by atoms with Crippen LogP contribution in [0.2, 0.25) is 5.02 Å². The van der Waals surface area contributed by atoms with Crippen LogP contribution in [0, 0.1) is 5.82 Å². The highest BCUT2D eigenvalue weighted by atomic mass is 35.5. The number of halogens is 2. The molecule has 2 aromatic rings. The second-order valence-electron chi connectivity index (χ2n) is 7.34. The van der Waals surface area contributed by atoms with Crippen molar-refractivity contribution in [2.45, 2.75) is 37.8 Å². The minimum Gasteiger partial charge on any atom is -0.379 e. The van der Waals surface area contributed by atoms with Crippen molar-refractivity contribution in [2.24, 2.45) is 0 Å². The molecule has 6 nitrogen and oxygen atoms in total. The van der Waals surface area contributed by atoms with Gasteiger partial charge in [0.25, 0.3) is 0 Å². The summed E-state index contributed by atoms with van der Waals surface area (Å²) < 4.78 is 18.8. The lowest BCUT2D eigenvalue weighted by Crippen LogP contribution is -2.46. The van der Waals surface area contributed by atoms with E-state index in [9.17, 15) is 4.39 Å². The molecule has 0 radical (unpaired) electrons. The maximum atomic E-state index is 13.3. The highest BCUT2D eigenvalue weighted by molar-refractivity contribution is 6.31. The molecular formula is C20H25ClFN5O. The predicted octanol–water partition coefficient (Wildman–Crippen LogP) is 4.07. The molecule has 1 aliphatic heterocycles. The van der Waals surface area contributed by atoms with Crippen LogP contribution < -0.4 is 10.6 Å². The zero-order valence-corrected chi connectivity index (χ0v) is 16.5. The molecular weight excluding hydrogens is 381 g/mol. The summed E-state index contributed by atoms with van der Waals surface area (Å²) in [5, 5.41) is 6.75. The molecule has 1 aromatic carbocycles. The molecule has 0 bridgehead atoms. The fraction of sp³-hybridized carbons (Fsp3) is 0.500. The van der Waals surface area contributed by atoms with Gasteiger partial charge < -0.3 is 15.4 Å². The number of ether oxygens (including phenoxy) is 1. The Balaban J connectivity index is 1.32. The Kier molecular flexibility index (Phi) is 6.24. The SMILES string of the molecule is Fc1ccc(Nc2cc(NC3CCC(N4CCOCC4)CC3)ncn2)cc1Cl. The van der Waals surface area contributed by atoms with Gasteiger partial charge in [0.1, 0.15) is 23.8 Å². The van der Waals surface area contributed by atoms with Crippen molar-refractivity contribution >= 4 is 28.9 Å². The Hall–Kier alpha value is -1.96. The maximum Gasteiger partial charge on any atom is 0.141 e. The summed E-state index contributed by atoms with van der Waals surface area (Å²) >= 11 is 5.84. The number of hydrogen-bond acceptors (Lipinski definition) is 6. The Morgan fingerprint density at radius 2 is 1.79 bits per heavy atom. The monoisotopic (exact) mass is 405 g/mol. The number of morpholine rings is 1. The molecule has 28 heavy (non-hydrogen) atoms. The quantitative estimate of drug-likeness (QED) is 0.781. The third-order valence-electron chi connectivity index (χ3n) is 5.47. The molecule has 2 fully saturated rings. The number of hydrogen-bond donors (Lipinski definition) is 2. The molecule has 1 aromatic heterocycles. The van der Waals surface area contributed by atoms with Gasteiger partial charge in [-0.25, -0.2) is 14.4 Å². The summed E-state index contributed by atoms with van der Waals surface area (Å²) in [7, 11) is 0. The maximum absolute atomic E-state index is 13.3. The topological polar surface area (TPSA) is 62.3 Å². The first-order chi connectivity index (χ1) is 13.7. The number of aromatic nitrogens is 2. The van der Waals surface area contributed by atoms with Gasteiger partial charge in [0, 0.05) is 36.9 Å². The van der Waals surface area contributed by atoms with Gasteiger partial charge in [0.2, 0.25) is 0 Å². The van der Waals surface area contributed by atoms with Gasteiger partial charge in [-0.15, -0.1) is 0 Å².